The molecule has 1 amide bonds. The summed E-state index contributed by atoms with van der Waals surface area (Å²) in [6, 6.07) is 3.84. The van der Waals surface area contributed by atoms with Crippen LogP contribution in [0.2, 0.25) is 0 Å². The van der Waals surface area contributed by atoms with Crippen LogP contribution in [0.1, 0.15) is 21.5 Å². The molecule has 0 aliphatic carbocycles. The van der Waals surface area contributed by atoms with Gasteiger partial charge in [-0.1, -0.05) is 18.2 Å². The highest BCUT2D eigenvalue weighted by Gasteiger charge is 2.46. The van der Waals surface area contributed by atoms with Crippen molar-refractivity contribution in [3.8, 4) is 11.3 Å². The van der Waals surface area contributed by atoms with E-state index >= 15 is 8.78 Å². The van der Waals surface area contributed by atoms with E-state index in [1.807, 2.05) is 5.32 Å². The highest BCUT2D eigenvalue weighted by molar-refractivity contribution is 5.99. The molecule has 17 heteroatoms. The lowest BCUT2D eigenvalue weighted by atomic mass is 9.94. The summed E-state index contributed by atoms with van der Waals surface area (Å²) in [6.45, 7) is -1.26. The Bertz CT molecular complexity index is 1880. The van der Waals surface area contributed by atoms with E-state index in [0.717, 1.165) is 0 Å². The molecule has 2 aromatic heterocycles. The maximum Gasteiger partial charge on any atom is 0.420 e. The summed E-state index contributed by atoms with van der Waals surface area (Å²) in [4.78, 5) is 35.5. The maximum absolute atomic E-state index is 15.1. The van der Waals surface area contributed by atoms with Crippen LogP contribution >= 0.6 is 0 Å². The smallest absolute Gasteiger partial charge is 0.420 e. The van der Waals surface area contributed by atoms with Crippen LogP contribution in [0.3, 0.4) is 0 Å². The van der Waals surface area contributed by atoms with Crippen molar-refractivity contribution in [3.05, 3.63) is 83.2 Å². The third-order valence-electron chi connectivity index (χ3n) is 7.93. The summed E-state index contributed by atoms with van der Waals surface area (Å²) in [5, 5.41) is 12.2. The number of aliphatic carboxylic acids is 1. The number of morpholine rings is 1. The minimum atomic E-state index is -4.81. The molecule has 5 rings (SSSR count). The van der Waals surface area contributed by atoms with E-state index in [1.165, 1.54) is 61.7 Å². The normalized spacial score (nSPS) is 16.0. The number of carbonyl (C=O) groups is 2. The molecule has 0 radical (unpaired) electrons. The SMILES string of the molecule is CN(C)c1ccnc(-c2ccc(C[C@H](NC(=O)c3c(F)cc(N4CCOC[C@@H]4C(F)(F)F)cc3F)C(=O)O)c3cccnc23)c1C(F)(F)F. The Kier molecular flexibility index (Phi) is 9.68. The number of ether oxygens (including phenoxy) is 1. The van der Waals surface area contributed by atoms with Crippen molar-refractivity contribution >= 4 is 34.2 Å². The van der Waals surface area contributed by atoms with Crippen molar-refractivity contribution in [3.63, 3.8) is 0 Å². The van der Waals surface area contributed by atoms with E-state index in [0.29, 0.717) is 17.0 Å². The Morgan fingerprint density at radius 2 is 1.73 bits per heavy atom. The zero-order valence-electron chi connectivity index (χ0n) is 25.7. The van der Waals surface area contributed by atoms with Gasteiger partial charge >= 0.3 is 18.3 Å². The molecule has 1 aliphatic heterocycles. The lowest BCUT2D eigenvalue weighted by Crippen LogP contribution is -2.53. The molecule has 4 aromatic rings. The molecule has 1 fully saturated rings. The first-order valence-electron chi connectivity index (χ1n) is 14.5. The van der Waals surface area contributed by atoms with Crippen molar-refractivity contribution in [2.45, 2.75) is 30.9 Å². The predicted octanol–water partition coefficient (Wildman–Crippen LogP) is 5.85. The Morgan fingerprint density at radius 3 is 2.35 bits per heavy atom. The minimum absolute atomic E-state index is 0.0106. The number of hydrogen-bond acceptors (Lipinski definition) is 7. The van der Waals surface area contributed by atoms with Gasteiger partial charge in [-0.3, -0.25) is 14.8 Å². The third-order valence-corrected chi connectivity index (χ3v) is 7.93. The van der Waals surface area contributed by atoms with Gasteiger partial charge < -0.3 is 25.0 Å². The van der Waals surface area contributed by atoms with Crippen molar-refractivity contribution in [2.75, 3.05) is 43.7 Å². The van der Waals surface area contributed by atoms with E-state index in [2.05, 4.69) is 9.97 Å². The zero-order valence-corrected chi connectivity index (χ0v) is 25.7. The van der Waals surface area contributed by atoms with Gasteiger partial charge in [-0.2, -0.15) is 26.3 Å². The number of carboxylic acids is 1. The first kappa shape index (κ1) is 35.3. The fourth-order valence-corrected chi connectivity index (χ4v) is 5.69. The van der Waals surface area contributed by atoms with Gasteiger partial charge in [0.25, 0.3) is 5.91 Å². The maximum atomic E-state index is 15.1. The van der Waals surface area contributed by atoms with Gasteiger partial charge in [0.15, 0.2) is 0 Å². The summed E-state index contributed by atoms with van der Waals surface area (Å²) < 4.78 is 119. The summed E-state index contributed by atoms with van der Waals surface area (Å²) >= 11 is 0. The molecule has 0 saturated carbocycles. The standard InChI is InChI=1S/C32H27F8N5O4/c1-44(2)23-7-9-42-28(26(23)32(38,39)40)19-6-5-16(18-4-3-8-41-27(18)19)12-22(30(47)48)43-29(46)25-20(33)13-17(14-21(25)34)45-10-11-49-15-24(45)31(35,36)37/h3-9,13-14,22,24H,10-12,15H2,1-2H3,(H,43,46)(H,47,48)/t22-,24+/m0/s1. The van der Waals surface area contributed by atoms with Crippen LogP contribution in [-0.4, -0.2) is 79.1 Å². The highest BCUT2D eigenvalue weighted by atomic mass is 19.4. The van der Waals surface area contributed by atoms with Gasteiger partial charge in [0.05, 0.1) is 30.1 Å². The molecule has 9 nitrogen and oxygen atoms in total. The molecule has 1 aliphatic rings. The molecular formula is C32H27F8N5O4. The Labute approximate surface area is 273 Å². The van der Waals surface area contributed by atoms with Gasteiger partial charge in [-0.15, -0.1) is 0 Å². The number of amides is 1. The number of carboxylic acid groups (broad SMARTS) is 1. The number of fused-ring (bicyclic) bond motifs is 1. The van der Waals surface area contributed by atoms with Crippen LogP contribution < -0.4 is 15.1 Å². The number of carbonyl (C=O) groups excluding carboxylic acids is 1. The van der Waals surface area contributed by atoms with Crippen LogP contribution in [0, 0.1) is 11.6 Å². The lowest BCUT2D eigenvalue weighted by molar-refractivity contribution is -0.167. The van der Waals surface area contributed by atoms with E-state index in [9.17, 15) is 41.0 Å². The Morgan fingerprint density at radius 1 is 1.04 bits per heavy atom. The van der Waals surface area contributed by atoms with Gasteiger partial charge in [-0.05, 0) is 29.8 Å². The second-order valence-electron chi connectivity index (χ2n) is 11.3. The van der Waals surface area contributed by atoms with Crippen LogP contribution in [0.15, 0.2) is 54.9 Å². The van der Waals surface area contributed by atoms with E-state index in [1.54, 1.807) is 0 Å². The lowest BCUT2D eigenvalue weighted by Gasteiger charge is -2.38. The van der Waals surface area contributed by atoms with Crippen LogP contribution in [0.5, 0.6) is 0 Å². The number of anilines is 2. The second-order valence-corrected chi connectivity index (χ2v) is 11.3. The summed E-state index contributed by atoms with van der Waals surface area (Å²) in [7, 11) is 2.88. The molecule has 2 aromatic carbocycles. The number of pyridine rings is 2. The first-order chi connectivity index (χ1) is 23.0. The zero-order chi connectivity index (χ0) is 35.8. The van der Waals surface area contributed by atoms with Crippen molar-refractivity contribution in [1.29, 1.82) is 0 Å². The summed E-state index contributed by atoms with van der Waals surface area (Å²) in [5.74, 6) is -6.18. The second kappa shape index (κ2) is 13.4. The number of benzene rings is 2. The molecule has 0 bridgehead atoms. The number of halogens is 8. The molecular weight excluding hydrogens is 670 g/mol. The molecule has 2 atom stereocenters. The number of aromatic nitrogens is 2. The van der Waals surface area contributed by atoms with Crippen molar-refractivity contribution < 1.29 is 54.6 Å². The van der Waals surface area contributed by atoms with Crippen molar-refractivity contribution in [1.82, 2.24) is 15.3 Å². The summed E-state index contributed by atoms with van der Waals surface area (Å²) in [6.07, 6.45) is -7.57. The molecule has 49 heavy (non-hydrogen) atoms. The molecule has 1 saturated heterocycles. The number of nitrogens with one attached hydrogen (secondary N) is 1. The average molecular weight is 698 g/mol. The molecule has 2 N–H and O–H groups in total. The van der Waals surface area contributed by atoms with E-state index < -0.39 is 83.5 Å². The van der Waals surface area contributed by atoms with Crippen LogP contribution in [-0.2, 0) is 22.1 Å². The van der Waals surface area contributed by atoms with E-state index in [4.69, 9.17) is 4.74 Å². The Balaban J connectivity index is 1.47. The Hall–Kier alpha value is -5.06. The van der Waals surface area contributed by atoms with Gasteiger partial charge in [0.1, 0.15) is 34.8 Å². The largest absolute Gasteiger partial charge is 0.480 e. The monoisotopic (exact) mass is 697 g/mol. The average Bonchev–Trinajstić information content (AvgIpc) is 3.03. The number of nitrogens with zero attached hydrogens (tertiary/aromatic N) is 4. The quantitative estimate of drug-likeness (QED) is 0.221. The molecule has 3 heterocycles. The first-order valence-corrected chi connectivity index (χ1v) is 14.5. The summed E-state index contributed by atoms with van der Waals surface area (Å²) in [5.41, 5.74) is -3.08. The van der Waals surface area contributed by atoms with Crippen molar-refractivity contribution in [2.24, 2.45) is 0 Å². The van der Waals surface area contributed by atoms with E-state index in [-0.39, 0.29) is 40.9 Å². The number of hydrogen-bond donors (Lipinski definition) is 2. The van der Waals surface area contributed by atoms with Crippen LogP contribution in [0.4, 0.5) is 46.5 Å². The fraction of sp³-hybridized carbons (Fsp3) is 0.312. The fourth-order valence-electron chi connectivity index (χ4n) is 5.69. The molecule has 0 unspecified atom stereocenters. The number of alkyl halides is 6. The van der Waals surface area contributed by atoms with Gasteiger partial charge in [0.2, 0.25) is 0 Å². The third kappa shape index (κ3) is 7.21. The molecule has 0 spiro atoms. The van der Waals surface area contributed by atoms with Gasteiger partial charge in [-0.25, -0.2) is 13.6 Å². The number of rotatable bonds is 8. The highest BCUT2D eigenvalue weighted by Crippen LogP contribution is 2.43. The topological polar surface area (TPSA) is 108 Å². The predicted molar refractivity (Wildman–Crippen MR) is 161 cm³/mol. The molecule has 260 valence electrons. The minimum Gasteiger partial charge on any atom is -0.480 e. The van der Waals surface area contributed by atoms with Gasteiger partial charge in [0, 0.05) is 56.1 Å². The van der Waals surface area contributed by atoms with Crippen LogP contribution in [0.25, 0.3) is 22.2 Å².